The summed E-state index contributed by atoms with van der Waals surface area (Å²) < 4.78 is 0. The van der Waals surface area contributed by atoms with E-state index in [0.29, 0.717) is 0 Å². The fourth-order valence-electron chi connectivity index (χ4n) is 2.26. The summed E-state index contributed by atoms with van der Waals surface area (Å²) in [6.45, 7) is 6.63. The Labute approximate surface area is 105 Å². The van der Waals surface area contributed by atoms with Gasteiger partial charge in [-0.25, -0.2) is 0 Å². The third kappa shape index (κ3) is 3.74. The van der Waals surface area contributed by atoms with Gasteiger partial charge in [0.15, 0.2) is 0 Å². The molecule has 0 bridgehead atoms. The van der Waals surface area contributed by atoms with Gasteiger partial charge in [-0.3, -0.25) is 0 Å². The summed E-state index contributed by atoms with van der Waals surface area (Å²) in [4.78, 5) is 2.36. The lowest BCUT2D eigenvalue weighted by molar-refractivity contribution is 0.642. The molecular formula is C15H24N2. The van der Waals surface area contributed by atoms with Gasteiger partial charge >= 0.3 is 0 Å². The van der Waals surface area contributed by atoms with Crippen molar-refractivity contribution in [3.05, 3.63) is 29.3 Å². The molecule has 1 saturated carbocycles. The largest absolute Gasteiger partial charge is 0.374 e. The molecule has 1 N–H and O–H groups in total. The first kappa shape index (κ1) is 12.4. The average molecular weight is 232 g/mol. The highest BCUT2D eigenvalue weighted by Crippen LogP contribution is 2.20. The SMILES string of the molecule is Cc1ccc(N(C)CCCNC2CC2)c(C)c1. The molecule has 0 aliphatic heterocycles. The van der Waals surface area contributed by atoms with Crippen LogP contribution >= 0.6 is 0 Å². The average Bonchev–Trinajstić information content (AvgIpc) is 3.08. The van der Waals surface area contributed by atoms with Crippen LogP contribution in [0.4, 0.5) is 5.69 Å². The van der Waals surface area contributed by atoms with E-state index < -0.39 is 0 Å². The maximum absolute atomic E-state index is 3.56. The molecule has 0 atom stereocenters. The van der Waals surface area contributed by atoms with Gasteiger partial charge in [0, 0.05) is 25.3 Å². The molecule has 17 heavy (non-hydrogen) atoms. The van der Waals surface area contributed by atoms with Crippen molar-refractivity contribution in [2.24, 2.45) is 0 Å². The van der Waals surface area contributed by atoms with Crippen LogP contribution in [0.15, 0.2) is 18.2 Å². The van der Waals surface area contributed by atoms with Crippen molar-refractivity contribution in [3.63, 3.8) is 0 Å². The van der Waals surface area contributed by atoms with Crippen LogP contribution in [-0.2, 0) is 0 Å². The Bertz CT molecular complexity index is 369. The van der Waals surface area contributed by atoms with Crippen LogP contribution in [-0.4, -0.2) is 26.2 Å². The van der Waals surface area contributed by atoms with Crippen LogP contribution in [0.1, 0.15) is 30.4 Å². The normalized spacial score (nSPS) is 15.0. The number of hydrogen-bond acceptors (Lipinski definition) is 2. The lowest BCUT2D eigenvalue weighted by Gasteiger charge is -2.21. The fraction of sp³-hybridized carbons (Fsp3) is 0.600. The molecule has 94 valence electrons. The smallest absolute Gasteiger partial charge is 0.0393 e. The zero-order valence-electron chi connectivity index (χ0n) is 11.3. The monoisotopic (exact) mass is 232 g/mol. The molecule has 1 fully saturated rings. The summed E-state index contributed by atoms with van der Waals surface area (Å²) in [6.07, 6.45) is 3.99. The molecule has 1 aromatic carbocycles. The van der Waals surface area contributed by atoms with Crippen molar-refractivity contribution >= 4 is 5.69 Å². The maximum Gasteiger partial charge on any atom is 0.0393 e. The van der Waals surface area contributed by atoms with Gasteiger partial charge in [-0.15, -0.1) is 0 Å². The zero-order valence-corrected chi connectivity index (χ0v) is 11.3. The topological polar surface area (TPSA) is 15.3 Å². The van der Waals surface area contributed by atoms with Gasteiger partial charge in [-0.2, -0.15) is 0 Å². The van der Waals surface area contributed by atoms with Gasteiger partial charge in [0.25, 0.3) is 0 Å². The molecule has 1 aliphatic rings. The van der Waals surface area contributed by atoms with Gasteiger partial charge in [0.05, 0.1) is 0 Å². The van der Waals surface area contributed by atoms with Crippen LogP contribution in [0, 0.1) is 13.8 Å². The number of aryl methyl sites for hydroxylation is 2. The quantitative estimate of drug-likeness (QED) is 0.759. The molecule has 0 spiro atoms. The van der Waals surface area contributed by atoms with E-state index >= 15 is 0 Å². The van der Waals surface area contributed by atoms with Crippen LogP contribution in [0.3, 0.4) is 0 Å². The lowest BCUT2D eigenvalue weighted by Crippen LogP contribution is -2.25. The second kappa shape index (κ2) is 5.54. The molecule has 2 heteroatoms. The minimum absolute atomic E-state index is 0.835. The van der Waals surface area contributed by atoms with E-state index in [-0.39, 0.29) is 0 Å². The molecule has 1 aromatic rings. The molecule has 0 amide bonds. The maximum atomic E-state index is 3.56. The van der Waals surface area contributed by atoms with Crippen LogP contribution in [0.5, 0.6) is 0 Å². The van der Waals surface area contributed by atoms with E-state index in [1.54, 1.807) is 0 Å². The molecule has 0 radical (unpaired) electrons. The number of benzene rings is 1. The van der Waals surface area contributed by atoms with E-state index in [1.807, 2.05) is 0 Å². The fourth-order valence-corrected chi connectivity index (χ4v) is 2.26. The highest BCUT2D eigenvalue weighted by molar-refractivity contribution is 5.53. The van der Waals surface area contributed by atoms with Gasteiger partial charge < -0.3 is 10.2 Å². The highest BCUT2D eigenvalue weighted by atomic mass is 15.1. The third-order valence-corrected chi connectivity index (χ3v) is 3.44. The summed E-state index contributed by atoms with van der Waals surface area (Å²) in [5.74, 6) is 0. The molecule has 0 heterocycles. The summed E-state index contributed by atoms with van der Waals surface area (Å²) in [5.41, 5.74) is 4.08. The molecule has 1 aliphatic carbocycles. The molecule has 0 aromatic heterocycles. The van der Waals surface area contributed by atoms with Crippen LogP contribution < -0.4 is 10.2 Å². The molecular weight excluding hydrogens is 208 g/mol. The van der Waals surface area contributed by atoms with Gasteiger partial charge in [0.2, 0.25) is 0 Å². The zero-order chi connectivity index (χ0) is 12.3. The first-order valence-electron chi connectivity index (χ1n) is 6.68. The first-order valence-corrected chi connectivity index (χ1v) is 6.68. The van der Waals surface area contributed by atoms with Crippen molar-refractivity contribution < 1.29 is 0 Å². The van der Waals surface area contributed by atoms with E-state index in [9.17, 15) is 0 Å². The first-order chi connectivity index (χ1) is 8.16. The minimum Gasteiger partial charge on any atom is -0.374 e. The number of nitrogens with one attached hydrogen (secondary N) is 1. The predicted molar refractivity (Wildman–Crippen MR) is 74.8 cm³/mol. The summed E-state index contributed by atoms with van der Waals surface area (Å²) in [5, 5.41) is 3.56. The van der Waals surface area contributed by atoms with Crippen molar-refractivity contribution in [2.75, 3.05) is 25.0 Å². The minimum atomic E-state index is 0.835. The van der Waals surface area contributed by atoms with E-state index in [1.165, 1.54) is 36.1 Å². The van der Waals surface area contributed by atoms with E-state index in [0.717, 1.165) is 19.1 Å². The van der Waals surface area contributed by atoms with E-state index in [2.05, 4.69) is 49.3 Å². The Morgan fingerprint density at radius 1 is 1.29 bits per heavy atom. The number of rotatable bonds is 6. The second-order valence-corrected chi connectivity index (χ2v) is 5.29. The van der Waals surface area contributed by atoms with Crippen LogP contribution in [0.25, 0.3) is 0 Å². The summed E-state index contributed by atoms with van der Waals surface area (Å²) in [6, 6.07) is 7.52. The molecule has 2 rings (SSSR count). The Morgan fingerprint density at radius 2 is 2.06 bits per heavy atom. The third-order valence-electron chi connectivity index (χ3n) is 3.44. The number of nitrogens with zero attached hydrogens (tertiary/aromatic N) is 1. The summed E-state index contributed by atoms with van der Waals surface area (Å²) in [7, 11) is 2.19. The van der Waals surface area contributed by atoms with E-state index in [4.69, 9.17) is 0 Å². The van der Waals surface area contributed by atoms with Gasteiger partial charge in [-0.1, -0.05) is 17.7 Å². The Balaban J connectivity index is 1.78. The Hall–Kier alpha value is -1.02. The summed E-state index contributed by atoms with van der Waals surface area (Å²) >= 11 is 0. The van der Waals surface area contributed by atoms with Gasteiger partial charge in [0.1, 0.15) is 0 Å². The Morgan fingerprint density at radius 3 is 2.71 bits per heavy atom. The lowest BCUT2D eigenvalue weighted by atomic mass is 10.1. The standard InChI is InChI=1S/C15H24N2/c1-12-5-8-15(13(2)11-12)17(3)10-4-9-16-14-6-7-14/h5,8,11,14,16H,4,6-7,9-10H2,1-3H3. The van der Waals surface area contributed by atoms with Crippen molar-refractivity contribution in [3.8, 4) is 0 Å². The van der Waals surface area contributed by atoms with Crippen molar-refractivity contribution in [1.29, 1.82) is 0 Å². The number of anilines is 1. The van der Waals surface area contributed by atoms with Gasteiger partial charge in [-0.05, 0) is 51.3 Å². The highest BCUT2D eigenvalue weighted by Gasteiger charge is 2.19. The number of hydrogen-bond donors (Lipinski definition) is 1. The van der Waals surface area contributed by atoms with Crippen molar-refractivity contribution in [2.45, 2.75) is 39.2 Å². The van der Waals surface area contributed by atoms with Crippen LogP contribution in [0.2, 0.25) is 0 Å². The molecule has 0 unspecified atom stereocenters. The molecule has 0 saturated heterocycles. The Kier molecular flexibility index (Phi) is 4.06. The second-order valence-electron chi connectivity index (χ2n) is 5.29. The molecule has 2 nitrogen and oxygen atoms in total. The predicted octanol–water partition coefficient (Wildman–Crippen LogP) is 2.88. The van der Waals surface area contributed by atoms with Crippen molar-refractivity contribution in [1.82, 2.24) is 5.32 Å².